The molecular formula is C10H8N4OS. The fraction of sp³-hybridized carbons (Fsp3) is 0.100. The van der Waals surface area contributed by atoms with Crippen molar-refractivity contribution in [2.75, 3.05) is 0 Å². The summed E-state index contributed by atoms with van der Waals surface area (Å²) in [6.07, 6.45) is 1.60. The molecule has 0 fully saturated rings. The van der Waals surface area contributed by atoms with Gasteiger partial charge in [0.25, 0.3) is 5.78 Å². The van der Waals surface area contributed by atoms with Crippen LogP contribution in [0.25, 0.3) is 17.4 Å². The lowest BCUT2D eigenvalue weighted by Crippen LogP contribution is -1.93. The lowest BCUT2D eigenvalue weighted by atomic mass is 10.4. The first kappa shape index (κ1) is 9.29. The Morgan fingerprint density at radius 3 is 3.06 bits per heavy atom. The molecule has 3 heterocycles. The van der Waals surface area contributed by atoms with E-state index in [2.05, 4.69) is 15.1 Å². The average Bonchev–Trinajstić information content (AvgIpc) is 2.82. The van der Waals surface area contributed by atoms with Crippen LogP contribution < -0.4 is 0 Å². The third kappa shape index (κ3) is 1.35. The van der Waals surface area contributed by atoms with Crippen molar-refractivity contribution in [1.82, 2.24) is 19.6 Å². The molecule has 0 aliphatic heterocycles. The zero-order valence-electron chi connectivity index (χ0n) is 8.47. The molecule has 0 aromatic carbocycles. The molecular weight excluding hydrogens is 224 g/mol. The fourth-order valence-corrected chi connectivity index (χ4v) is 1.81. The molecule has 0 saturated carbocycles. The molecule has 3 rings (SSSR count). The van der Waals surface area contributed by atoms with Crippen LogP contribution in [0.5, 0.6) is 0 Å². The van der Waals surface area contributed by atoms with Crippen LogP contribution >= 0.6 is 12.2 Å². The summed E-state index contributed by atoms with van der Waals surface area (Å²) in [5.74, 6) is 1.84. The maximum absolute atomic E-state index is 5.25. The molecule has 0 amide bonds. The summed E-state index contributed by atoms with van der Waals surface area (Å²) in [4.78, 5) is 8.59. The molecule has 0 atom stereocenters. The van der Waals surface area contributed by atoms with Crippen molar-refractivity contribution in [2.45, 2.75) is 6.92 Å². The van der Waals surface area contributed by atoms with Crippen LogP contribution in [0.4, 0.5) is 0 Å². The Balaban J connectivity index is 2.31. The molecule has 0 radical (unpaired) electrons. The van der Waals surface area contributed by atoms with Gasteiger partial charge in [0.2, 0.25) is 0 Å². The Morgan fingerprint density at radius 2 is 2.31 bits per heavy atom. The molecule has 6 heteroatoms. The first-order valence-electron chi connectivity index (χ1n) is 4.74. The summed E-state index contributed by atoms with van der Waals surface area (Å²) in [6.45, 7) is 1.89. The van der Waals surface area contributed by atoms with Crippen LogP contribution in [0.3, 0.4) is 0 Å². The Morgan fingerprint density at radius 1 is 1.44 bits per heavy atom. The van der Waals surface area contributed by atoms with E-state index in [-0.39, 0.29) is 0 Å². The van der Waals surface area contributed by atoms with Gasteiger partial charge in [0, 0.05) is 5.69 Å². The molecule has 0 spiro atoms. The summed E-state index contributed by atoms with van der Waals surface area (Å²) in [5.41, 5.74) is 0.850. The predicted molar refractivity (Wildman–Crippen MR) is 60.6 cm³/mol. The van der Waals surface area contributed by atoms with Crippen molar-refractivity contribution in [3.05, 3.63) is 34.8 Å². The summed E-state index contributed by atoms with van der Waals surface area (Å²) in [5, 5.41) is 3.04. The number of nitrogens with one attached hydrogen (secondary N) is 1. The van der Waals surface area contributed by atoms with E-state index in [1.165, 1.54) is 0 Å². The van der Waals surface area contributed by atoms with Crippen molar-refractivity contribution in [2.24, 2.45) is 0 Å². The second-order valence-electron chi connectivity index (χ2n) is 3.42. The van der Waals surface area contributed by atoms with Gasteiger partial charge in [0.05, 0.1) is 6.26 Å². The van der Waals surface area contributed by atoms with Gasteiger partial charge in [0.15, 0.2) is 11.6 Å². The zero-order chi connectivity index (χ0) is 11.1. The number of aromatic amines is 1. The summed E-state index contributed by atoms with van der Waals surface area (Å²) < 4.78 is 7.55. The van der Waals surface area contributed by atoms with E-state index in [1.807, 2.05) is 19.1 Å². The topological polar surface area (TPSA) is 59.1 Å². The van der Waals surface area contributed by atoms with Crippen molar-refractivity contribution >= 4 is 18.0 Å². The Bertz CT molecular complexity index is 695. The van der Waals surface area contributed by atoms with Gasteiger partial charge in [-0.1, -0.05) is 12.2 Å². The molecule has 0 unspecified atom stereocenters. The number of rotatable bonds is 1. The van der Waals surface area contributed by atoms with Crippen LogP contribution in [-0.2, 0) is 0 Å². The van der Waals surface area contributed by atoms with Gasteiger partial charge >= 0.3 is 0 Å². The van der Waals surface area contributed by atoms with Crippen molar-refractivity contribution in [3.8, 4) is 11.6 Å². The number of aryl methyl sites for hydroxylation is 1. The van der Waals surface area contributed by atoms with Gasteiger partial charge in [-0.05, 0) is 25.1 Å². The maximum atomic E-state index is 5.25. The van der Waals surface area contributed by atoms with Crippen LogP contribution in [0.15, 0.2) is 28.9 Å². The molecule has 0 aliphatic rings. The Kier molecular flexibility index (Phi) is 1.90. The van der Waals surface area contributed by atoms with E-state index >= 15 is 0 Å². The molecule has 3 aromatic heterocycles. The van der Waals surface area contributed by atoms with Gasteiger partial charge in [-0.3, -0.25) is 5.10 Å². The van der Waals surface area contributed by atoms with Gasteiger partial charge in [-0.25, -0.2) is 9.50 Å². The Hall–Kier alpha value is -1.95. The highest BCUT2D eigenvalue weighted by Crippen LogP contribution is 2.15. The molecule has 16 heavy (non-hydrogen) atoms. The molecule has 80 valence electrons. The maximum Gasteiger partial charge on any atom is 0.252 e. The van der Waals surface area contributed by atoms with E-state index in [1.54, 1.807) is 16.8 Å². The molecule has 0 saturated heterocycles. The molecule has 5 nitrogen and oxygen atoms in total. The Labute approximate surface area is 95.8 Å². The predicted octanol–water partition coefficient (Wildman–Crippen LogP) is 2.36. The van der Waals surface area contributed by atoms with Crippen molar-refractivity contribution < 1.29 is 4.42 Å². The second-order valence-corrected chi connectivity index (χ2v) is 3.84. The minimum Gasteiger partial charge on any atom is -0.461 e. The van der Waals surface area contributed by atoms with Crippen molar-refractivity contribution in [3.63, 3.8) is 0 Å². The highest BCUT2D eigenvalue weighted by atomic mass is 32.1. The normalized spacial score (nSPS) is 11.1. The minimum atomic E-state index is 0.552. The van der Waals surface area contributed by atoms with E-state index in [9.17, 15) is 0 Å². The number of nitrogens with zero attached hydrogens (tertiary/aromatic N) is 3. The van der Waals surface area contributed by atoms with Gasteiger partial charge in [0.1, 0.15) is 4.64 Å². The quantitative estimate of drug-likeness (QED) is 0.654. The van der Waals surface area contributed by atoms with E-state index in [0.29, 0.717) is 22.0 Å². The number of furan rings is 1. The van der Waals surface area contributed by atoms with E-state index in [4.69, 9.17) is 16.6 Å². The molecule has 0 bridgehead atoms. The van der Waals surface area contributed by atoms with Crippen molar-refractivity contribution in [1.29, 1.82) is 0 Å². The van der Waals surface area contributed by atoms with Crippen LogP contribution in [-0.4, -0.2) is 19.6 Å². The first-order chi connectivity index (χ1) is 7.74. The molecule has 0 aliphatic carbocycles. The van der Waals surface area contributed by atoms with Crippen LogP contribution in [0.2, 0.25) is 0 Å². The summed E-state index contributed by atoms with van der Waals surface area (Å²) in [6, 6.07) is 5.45. The lowest BCUT2D eigenvalue weighted by molar-refractivity contribution is 0.577. The lowest BCUT2D eigenvalue weighted by Gasteiger charge is -1.92. The van der Waals surface area contributed by atoms with Gasteiger partial charge < -0.3 is 4.42 Å². The van der Waals surface area contributed by atoms with Gasteiger partial charge in [-0.15, -0.1) is 0 Å². The van der Waals surface area contributed by atoms with Crippen LogP contribution in [0, 0.1) is 11.6 Å². The van der Waals surface area contributed by atoms with Crippen LogP contribution in [0.1, 0.15) is 5.69 Å². The number of aromatic nitrogens is 4. The molecule has 1 N–H and O–H groups in total. The largest absolute Gasteiger partial charge is 0.461 e. The monoisotopic (exact) mass is 232 g/mol. The summed E-state index contributed by atoms with van der Waals surface area (Å²) in [7, 11) is 0. The fourth-order valence-electron chi connectivity index (χ4n) is 1.52. The number of hydrogen-bond acceptors (Lipinski definition) is 4. The van der Waals surface area contributed by atoms with Gasteiger partial charge in [-0.2, -0.15) is 4.98 Å². The number of H-pyrrole nitrogens is 1. The minimum absolute atomic E-state index is 0.552. The number of hydrogen-bond donors (Lipinski definition) is 1. The smallest absolute Gasteiger partial charge is 0.252 e. The standard InChI is InChI=1S/C10H8N4OS/c1-6-5-8(16)14-10(11-6)12-9(13-14)7-3-2-4-15-7/h2-5H,1H3,(H,11,12,13). The summed E-state index contributed by atoms with van der Waals surface area (Å²) >= 11 is 5.21. The molecule has 3 aromatic rings. The second kappa shape index (κ2) is 3.28. The third-order valence-corrected chi connectivity index (χ3v) is 2.51. The highest BCUT2D eigenvalue weighted by molar-refractivity contribution is 7.71. The average molecular weight is 232 g/mol. The van der Waals surface area contributed by atoms with E-state index in [0.717, 1.165) is 5.69 Å². The SMILES string of the molecule is Cc1cc(=S)n2[nH]c(-c3ccco3)nc2n1. The highest BCUT2D eigenvalue weighted by Gasteiger charge is 2.08. The first-order valence-corrected chi connectivity index (χ1v) is 5.15. The zero-order valence-corrected chi connectivity index (χ0v) is 9.28. The van der Waals surface area contributed by atoms with E-state index < -0.39 is 0 Å². The number of fused-ring (bicyclic) bond motifs is 1. The third-order valence-electron chi connectivity index (χ3n) is 2.21.